The summed E-state index contributed by atoms with van der Waals surface area (Å²) in [6.07, 6.45) is -0.860. The maximum Gasteiger partial charge on any atom is 0.273 e. The Balaban J connectivity index is 2.08. The zero-order valence-corrected chi connectivity index (χ0v) is 14.4. The molecule has 0 saturated heterocycles. The molecular weight excluding hydrogens is 320 g/mol. The fourth-order valence-corrected chi connectivity index (χ4v) is 2.62. The van der Waals surface area contributed by atoms with Crippen molar-refractivity contribution >= 4 is 11.6 Å². The van der Waals surface area contributed by atoms with Gasteiger partial charge in [-0.05, 0) is 19.4 Å². The van der Waals surface area contributed by atoms with Crippen molar-refractivity contribution in [1.82, 2.24) is 4.90 Å². The Morgan fingerprint density at radius 1 is 1.20 bits per heavy atom. The van der Waals surface area contributed by atoms with Crippen LogP contribution in [0, 0.1) is 17.0 Å². The van der Waals surface area contributed by atoms with Gasteiger partial charge in [0.2, 0.25) is 5.91 Å². The molecule has 1 N–H and O–H groups in total. The molecule has 6 heteroatoms. The second kappa shape index (κ2) is 8.39. The normalized spacial score (nSPS) is 11.8. The van der Waals surface area contributed by atoms with Crippen LogP contribution < -0.4 is 0 Å². The van der Waals surface area contributed by atoms with Crippen molar-refractivity contribution < 1.29 is 14.8 Å². The summed E-state index contributed by atoms with van der Waals surface area (Å²) >= 11 is 0. The minimum absolute atomic E-state index is 0.0639. The zero-order valence-electron chi connectivity index (χ0n) is 14.4. The van der Waals surface area contributed by atoms with Gasteiger partial charge >= 0.3 is 0 Å². The van der Waals surface area contributed by atoms with Gasteiger partial charge < -0.3 is 10.0 Å². The van der Waals surface area contributed by atoms with Gasteiger partial charge in [-0.3, -0.25) is 14.9 Å². The van der Waals surface area contributed by atoms with E-state index in [2.05, 4.69) is 0 Å². The predicted molar refractivity (Wildman–Crippen MR) is 95.2 cm³/mol. The smallest absolute Gasteiger partial charge is 0.273 e. The molecule has 132 valence electrons. The third-order valence-electron chi connectivity index (χ3n) is 4.12. The Bertz CT molecular complexity index is 743. The first-order valence-corrected chi connectivity index (χ1v) is 8.17. The fraction of sp³-hybridized carbons (Fsp3) is 0.316. The second-order valence-corrected chi connectivity index (χ2v) is 5.92. The highest BCUT2D eigenvalue weighted by molar-refractivity contribution is 5.80. The highest BCUT2D eigenvalue weighted by atomic mass is 16.6. The van der Waals surface area contributed by atoms with Crippen molar-refractivity contribution in [2.24, 2.45) is 0 Å². The van der Waals surface area contributed by atoms with Crippen LogP contribution in [0.1, 0.15) is 29.7 Å². The molecule has 0 aliphatic carbocycles. The van der Waals surface area contributed by atoms with Crippen molar-refractivity contribution in [2.75, 3.05) is 13.1 Å². The number of aliphatic hydroxyl groups excluding tert-OH is 1. The van der Waals surface area contributed by atoms with Crippen LogP contribution in [-0.4, -0.2) is 33.9 Å². The fourth-order valence-electron chi connectivity index (χ4n) is 2.62. The standard InChI is InChI=1S/C19H22N2O4/c1-3-20(13-18(22)15-10-8-14(2)9-11-15)19(23)12-16-6-4-5-7-17(16)21(24)25/h4-11,18,22H,3,12-13H2,1-2H3. The lowest BCUT2D eigenvalue weighted by molar-refractivity contribution is -0.385. The molecule has 25 heavy (non-hydrogen) atoms. The van der Waals surface area contributed by atoms with E-state index in [9.17, 15) is 20.0 Å². The molecule has 6 nitrogen and oxygen atoms in total. The summed E-state index contributed by atoms with van der Waals surface area (Å²) in [6.45, 7) is 4.35. The highest BCUT2D eigenvalue weighted by Crippen LogP contribution is 2.20. The topological polar surface area (TPSA) is 83.7 Å². The van der Waals surface area contributed by atoms with Crippen molar-refractivity contribution in [1.29, 1.82) is 0 Å². The van der Waals surface area contributed by atoms with E-state index in [-0.39, 0.29) is 24.6 Å². The Kier molecular flexibility index (Phi) is 6.25. The van der Waals surface area contributed by atoms with Crippen LogP contribution >= 0.6 is 0 Å². The Morgan fingerprint density at radius 3 is 2.44 bits per heavy atom. The van der Waals surface area contributed by atoms with Crippen molar-refractivity contribution in [3.05, 3.63) is 75.3 Å². The number of para-hydroxylation sites is 1. The number of hydrogen-bond acceptors (Lipinski definition) is 4. The lowest BCUT2D eigenvalue weighted by atomic mass is 10.1. The number of aliphatic hydroxyl groups is 1. The largest absolute Gasteiger partial charge is 0.387 e. The number of rotatable bonds is 7. The number of nitrogens with zero attached hydrogens (tertiary/aromatic N) is 2. The average Bonchev–Trinajstić information content (AvgIpc) is 2.60. The third-order valence-corrected chi connectivity index (χ3v) is 4.12. The molecule has 1 atom stereocenters. The van der Waals surface area contributed by atoms with Gasteiger partial charge in [-0.25, -0.2) is 0 Å². The van der Waals surface area contributed by atoms with Gasteiger partial charge in [-0.2, -0.15) is 0 Å². The lowest BCUT2D eigenvalue weighted by Gasteiger charge is -2.24. The molecule has 0 aliphatic heterocycles. The van der Waals surface area contributed by atoms with E-state index in [4.69, 9.17) is 0 Å². The van der Waals surface area contributed by atoms with Crippen molar-refractivity contribution in [3.63, 3.8) is 0 Å². The summed E-state index contributed by atoms with van der Waals surface area (Å²) in [4.78, 5) is 24.6. The van der Waals surface area contributed by atoms with Crippen LogP contribution in [0.4, 0.5) is 5.69 Å². The molecule has 0 spiro atoms. The number of aryl methyl sites for hydroxylation is 1. The van der Waals surface area contributed by atoms with Crippen LogP contribution in [0.25, 0.3) is 0 Å². The molecule has 0 aromatic heterocycles. The number of nitro benzene ring substituents is 1. The SMILES string of the molecule is CCN(CC(O)c1ccc(C)cc1)C(=O)Cc1ccccc1[N+](=O)[O-]. The summed E-state index contributed by atoms with van der Waals surface area (Å²) in [5, 5.41) is 21.4. The molecule has 0 fully saturated rings. The minimum atomic E-state index is -0.796. The number of carbonyl (C=O) groups is 1. The number of amides is 1. The van der Waals surface area contributed by atoms with E-state index in [1.54, 1.807) is 18.2 Å². The Labute approximate surface area is 146 Å². The van der Waals surface area contributed by atoms with E-state index in [0.717, 1.165) is 11.1 Å². The zero-order chi connectivity index (χ0) is 18.4. The summed E-state index contributed by atoms with van der Waals surface area (Å²) in [5.74, 6) is -0.247. The summed E-state index contributed by atoms with van der Waals surface area (Å²) in [6, 6.07) is 13.7. The van der Waals surface area contributed by atoms with Gasteiger partial charge in [-0.1, -0.05) is 48.0 Å². The molecule has 2 rings (SSSR count). The maximum absolute atomic E-state index is 12.5. The van der Waals surface area contributed by atoms with Gasteiger partial charge in [0.25, 0.3) is 5.69 Å². The monoisotopic (exact) mass is 342 g/mol. The van der Waals surface area contributed by atoms with Crippen LogP contribution in [-0.2, 0) is 11.2 Å². The molecular formula is C19H22N2O4. The Hall–Kier alpha value is -2.73. The van der Waals surface area contributed by atoms with E-state index in [1.165, 1.54) is 11.0 Å². The molecule has 0 radical (unpaired) electrons. The number of likely N-dealkylation sites (N-methyl/N-ethyl adjacent to an activating group) is 1. The van der Waals surface area contributed by atoms with E-state index in [0.29, 0.717) is 12.1 Å². The first-order valence-electron chi connectivity index (χ1n) is 8.17. The van der Waals surface area contributed by atoms with Crippen LogP contribution in [0.15, 0.2) is 48.5 Å². The first kappa shape index (κ1) is 18.6. The molecule has 1 unspecified atom stereocenters. The van der Waals surface area contributed by atoms with Gasteiger partial charge in [-0.15, -0.1) is 0 Å². The first-order chi connectivity index (χ1) is 11.9. The average molecular weight is 342 g/mol. The number of carbonyl (C=O) groups excluding carboxylic acids is 1. The summed E-state index contributed by atoms with van der Waals surface area (Å²) < 4.78 is 0. The molecule has 0 bridgehead atoms. The number of nitro groups is 1. The van der Waals surface area contributed by atoms with Crippen LogP contribution in [0.3, 0.4) is 0 Å². The summed E-state index contributed by atoms with van der Waals surface area (Å²) in [7, 11) is 0. The van der Waals surface area contributed by atoms with E-state index < -0.39 is 11.0 Å². The molecule has 2 aromatic carbocycles. The van der Waals surface area contributed by atoms with E-state index >= 15 is 0 Å². The second-order valence-electron chi connectivity index (χ2n) is 5.92. The van der Waals surface area contributed by atoms with E-state index in [1.807, 2.05) is 38.1 Å². The Morgan fingerprint density at radius 2 is 1.84 bits per heavy atom. The number of benzene rings is 2. The molecule has 1 amide bonds. The van der Waals surface area contributed by atoms with Crippen LogP contribution in [0.2, 0.25) is 0 Å². The molecule has 0 aliphatic rings. The molecule has 0 heterocycles. The van der Waals surface area contributed by atoms with Gasteiger partial charge in [0.15, 0.2) is 0 Å². The predicted octanol–water partition coefficient (Wildman–Crippen LogP) is 3.03. The summed E-state index contributed by atoms with van der Waals surface area (Å²) in [5.41, 5.74) is 2.14. The minimum Gasteiger partial charge on any atom is -0.387 e. The number of hydrogen-bond donors (Lipinski definition) is 1. The van der Waals surface area contributed by atoms with Crippen LogP contribution in [0.5, 0.6) is 0 Å². The molecule has 0 saturated carbocycles. The highest BCUT2D eigenvalue weighted by Gasteiger charge is 2.21. The lowest BCUT2D eigenvalue weighted by Crippen LogP contribution is -2.35. The third kappa shape index (κ3) is 4.87. The van der Waals surface area contributed by atoms with Crippen molar-refractivity contribution in [3.8, 4) is 0 Å². The van der Waals surface area contributed by atoms with Crippen molar-refractivity contribution in [2.45, 2.75) is 26.4 Å². The van der Waals surface area contributed by atoms with Gasteiger partial charge in [0, 0.05) is 18.2 Å². The molecule has 2 aromatic rings. The maximum atomic E-state index is 12.5. The quantitative estimate of drug-likeness (QED) is 0.619. The van der Waals surface area contributed by atoms with Gasteiger partial charge in [0.05, 0.1) is 24.0 Å². The van der Waals surface area contributed by atoms with Gasteiger partial charge in [0.1, 0.15) is 0 Å².